The summed E-state index contributed by atoms with van der Waals surface area (Å²) in [5, 5.41) is 10.9. The number of hydrogen-bond donors (Lipinski definition) is 1. The second-order valence-corrected chi connectivity index (χ2v) is 5.72. The van der Waals surface area contributed by atoms with E-state index in [-0.39, 0.29) is 6.61 Å². The molecule has 1 aromatic heterocycles. The maximum atomic E-state index is 11.9. The highest BCUT2D eigenvalue weighted by Gasteiger charge is 2.17. The molecule has 2 aromatic rings. The van der Waals surface area contributed by atoms with Gasteiger partial charge in [-0.15, -0.1) is 0 Å². The quantitative estimate of drug-likeness (QED) is 0.834. The molecule has 0 radical (unpaired) electrons. The minimum Gasteiger partial charge on any atom is -0.490 e. The Hall–Kier alpha value is -1.89. The Bertz CT molecular complexity index is 720. The summed E-state index contributed by atoms with van der Waals surface area (Å²) in [7, 11) is 0. The highest BCUT2D eigenvalue weighted by Crippen LogP contribution is 2.27. The van der Waals surface area contributed by atoms with Crippen LogP contribution >= 0.6 is 0 Å². The third-order valence-corrected chi connectivity index (χ3v) is 3.97. The molecule has 2 heterocycles. The average molecular weight is 319 g/mol. The van der Waals surface area contributed by atoms with E-state index in [4.69, 9.17) is 13.9 Å². The number of aliphatic hydroxyl groups is 1. The van der Waals surface area contributed by atoms with Crippen LogP contribution in [0.25, 0.3) is 11.0 Å². The van der Waals surface area contributed by atoms with Gasteiger partial charge in [0.05, 0.1) is 24.2 Å². The molecule has 3 rings (SSSR count). The molecule has 1 atom stereocenters. The van der Waals surface area contributed by atoms with Crippen LogP contribution in [0, 0.1) is 6.92 Å². The van der Waals surface area contributed by atoms with Crippen molar-refractivity contribution in [1.29, 1.82) is 0 Å². The number of morpholine rings is 1. The van der Waals surface area contributed by atoms with E-state index < -0.39 is 11.7 Å². The fraction of sp³-hybridized carbons (Fsp3) is 0.471. The average Bonchev–Trinajstić information content (AvgIpc) is 2.56. The number of ether oxygens (including phenoxy) is 2. The fourth-order valence-electron chi connectivity index (χ4n) is 2.71. The zero-order chi connectivity index (χ0) is 16.2. The van der Waals surface area contributed by atoms with Gasteiger partial charge in [-0.25, -0.2) is 4.79 Å². The van der Waals surface area contributed by atoms with E-state index in [0.29, 0.717) is 36.7 Å². The number of hydrogen-bond acceptors (Lipinski definition) is 6. The lowest BCUT2D eigenvalue weighted by Gasteiger charge is -2.28. The standard InChI is InChI=1S/C17H21NO5/c1-12-16(14-4-2-3-5-15(14)23-17(12)20)22-11-13(19)10-18-6-8-21-9-7-18/h2-5,13,19H,6-11H2,1H3. The summed E-state index contributed by atoms with van der Waals surface area (Å²) >= 11 is 0. The van der Waals surface area contributed by atoms with Crippen molar-refractivity contribution in [3.63, 3.8) is 0 Å². The lowest BCUT2D eigenvalue weighted by atomic mass is 10.1. The summed E-state index contributed by atoms with van der Waals surface area (Å²) in [6, 6.07) is 7.23. The Morgan fingerprint density at radius 1 is 1.30 bits per heavy atom. The molecule has 0 spiro atoms. The van der Waals surface area contributed by atoms with Gasteiger partial charge >= 0.3 is 5.63 Å². The van der Waals surface area contributed by atoms with Crippen LogP contribution in [-0.2, 0) is 4.74 Å². The molecule has 0 saturated carbocycles. The molecule has 23 heavy (non-hydrogen) atoms. The first-order valence-electron chi connectivity index (χ1n) is 7.78. The zero-order valence-electron chi connectivity index (χ0n) is 13.2. The van der Waals surface area contributed by atoms with Gasteiger partial charge in [0.15, 0.2) is 0 Å². The first-order valence-corrected chi connectivity index (χ1v) is 7.78. The first-order chi connectivity index (χ1) is 11.1. The Kier molecular flexibility index (Phi) is 4.95. The third-order valence-electron chi connectivity index (χ3n) is 3.97. The zero-order valence-corrected chi connectivity index (χ0v) is 13.2. The van der Waals surface area contributed by atoms with Gasteiger partial charge in [0.25, 0.3) is 0 Å². The van der Waals surface area contributed by atoms with E-state index in [1.54, 1.807) is 19.1 Å². The molecule has 1 aliphatic rings. The van der Waals surface area contributed by atoms with Crippen molar-refractivity contribution < 1.29 is 19.0 Å². The van der Waals surface area contributed by atoms with Crippen LogP contribution in [0.2, 0.25) is 0 Å². The van der Waals surface area contributed by atoms with Crippen LogP contribution in [0.5, 0.6) is 5.75 Å². The van der Waals surface area contributed by atoms with Gasteiger partial charge in [0.2, 0.25) is 0 Å². The Labute approximate surface area is 134 Å². The number of para-hydroxylation sites is 1. The molecule has 1 aliphatic heterocycles. The molecule has 1 fully saturated rings. The molecule has 0 aliphatic carbocycles. The summed E-state index contributed by atoms with van der Waals surface area (Å²) < 4.78 is 16.3. The highest BCUT2D eigenvalue weighted by molar-refractivity contribution is 5.84. The van der Waals surface area contributed by atoms with Gasteiger partial charge in [0.1, 0.15) is 24.0 Å². The molecule has 124 valence electrons. The number of rotatable bonds is 5. The minimum atomic E-state index is -0.626. The van der Waals surface area contributed by atoms with E-state index >= 15 is 0 Å². The molecule has 1 N–H and O–H groups in total. The van der Waals surface area contributed by atoms with E-state index in [9.17, 15) is 9.90 Å². The molecule has 0 bridgehead atoms. The van der Waals surface area contributed by atoms with Crippen molar-refractivity contribution in [3.8, 4) is 5.75 Å². The number of fused-ring (bicyclic) bond motifs is 1. The smallest absolute Gasteiger partial charge is 0.342 e. The summed E-state index contributed by atoms with van der Waals surface area (Å²) in [5.41, 5.74) is 0.490. The van der Waals surface area contributed by atoms with E-state index in [1.807, 2.05) is 12.1 Å². The van der Waals surface area contributed by atoms with Crippen LogP contribution in [0.15, 0.2) is 33.5 Å². The van der Waals surface area contributed by atoms with Gasteiger partial charge in [-0.05, 0) is 19.1 Å². The predicted molar refractivity (Wildman–Crippen MR) is 86.0 cm³/mol. The number of β-amino-alcohol motifs (C(OH)–C–C–N with tert-alkyl or cyclic N) is 1. The summed E-state index contributed by atoms with van der Waals surface area (Å²) in [5.74, 6) is 0.484. The van der Waals surface area contributed by atoms with Crippen molar-refractivity contribution >= 4 is 11.0 Å². The highest BCUT2D eigenvalue weighted by atomic mass is 16.5. The summed E-state index contributed by atoms with van der Waals surface area (Å²) in [6.07, 6.45) is -0.626. The molecule has 1 unspecified atom stereocenters. The van der Waals surface area contributed by atoms with E-state index in [2.05, 4.69) is 4.90 Å². The second-order valence-electron chi connectivity index (χ2n) is 5.72. The SMILES string of the molecule is Cc1c(OCC(O)CN2CCOCC2)c2ccccc2oc1=O. The van der Waals surface area contributed by atoms with Crippen molar-refractivity contribution in [2.45, 2.75) is 13.0 Å². The van der Waals surface area contributed by atoms with Crippen LogP contribution < -0.4 is 10.4 Å². The van der Waals surface area contributed by atoms with Crippen LogP contribution in [0.4, 0.5) is 0 Å². The Balaban J connectivity index is 1.71. The number of aliphatic hydroxyl groups excluding tert-OH is 1. The van der Waals surface area contributed by atoms with Crippen LogP contribution in [-0.4, -0.2) is 55.6 Å². The Morgan fingerprint density at radius 3 is 2.83 bits per heavy atom. The van der Waals surface area contributed by atoms with Crippen LogP contribution in [0.3, 0.4) is 0 Å². The summed E-state index contributed by atoms with van der Waals surface area (Å²) in [4.78, 5) is 14.0. The van der Waals surface area contributed by atoms with E-state index in [1.165, 1.54) is 0 Å². The molecule has 0 amide bonds. The van der Waals surface area contributed by atoms with Gasteiger partial charge in [-0.2, -0.15) is 0 Å². The Morgan fingerprint density at radius 2 is 2.04 bits per heavy atom. The maximum absolute atomic E-state index is 11.9. The molecular weight excluding hydrogens is 298 g/mol. The molecule has 6 nitrogen and oxygen atoms in total. The molecule has 1 aromatic carbocycles. The number of benzene rings is 1. The van der Waals surface area contributed by atoms with Gasteiger partial charge in [-0.3, -0.25) is 4.90 Å². The second kappa shape index (κ2) is 7.12. The first kappa shape index (κ1) is 16.0. The van der Waals surface area contributed by atoms with Crippen LogP contribution in [0.1, 0.15) is 5.56 Å². The molecular formula is C17H21NO5. The lowest BCUT2D eigenvalue weighted by molar-refractivity contribution is 0.00470. The predicted octanol–water partition coefficient (Wildman–Crippen LogP) is 1.17. The molecule has 6 heteroatoms. The van der Waals surface area contributed by atoms with E-state index in [0.717, 1.165) is 18.5 Å². The van der Waals surface area contributed by atoms with Crippen molar-refractivity contribution in [1.82, 2.24) is 4.90 Å². The normalized spacial score (nSPS) is 17.3. The van der Waals surface area contributed by atoms with Gasteiger partial charge < -0.3 is 19.0 Å². The monoisotopic (exact) mass is 319 g/mol. The van der Waals surface area contributed by atoms with Crippen molar-refractivity contribution in [2.24, 2.45) is 0 Å². The largest absolute Gasteiger partial charge is 0.490 e. The van der Waals surface area contributed by atoms with Gasteiger partial charge in [-0.1, -0.05) is 12.1 Å². The van der Waals surface area contributed by atoms with Crippen molar-refractivity contribution in [3.05, 3.63) is 40.2 Å². The topological polar surface area (TPSA) is 72.1 Å². The lowest BCUT2D eigenvalue weighted by Crippen LogP contribution is -2.42. The maximum Gasteiger partial charge on any atom is 0.342 e. The van der Waals surface area contributed by atoms with Gasteiger partial charge in [0, 0.05) is 19.6 Å². The molecule has 1 saturated heterocycles. The van der Waals surface area contributed by atoms with Crippen molar-refractivity contribution in [2.75, 3.05) is 39.5 Å². The summed E-state index contributed by atoms with van der Waals surface area (Å²) in [6.45, 7) is 5.34. The minimum absolute atomic E-state index is 0.131. The number of nitrogens with zero attached hydrogens (tertiary/aromatic N) is 1. The third kappa shape index (κ3) is 3.72. The fourth-order valence-corrected chi connectivity index (χ4v) is 2.71.